The Bertz CT molecular complexity index is 621. The van der Waals surface area contributed by atoms with E-state index in [4.69, 9.17) is 4.74 Å². The third kappa shape index (κ3) is 2.96. The van der Waals surface area contributed by atoms with Crippen molar-refractivity contribution in [1.82, 2.24) is 4.98 Å². The van der Waals surface area contributed by atoms with E-state index in [1.54, 1.807) is 12.1 Å². The predicted octanol–water partition coefficient (Wildman–Crippen LogP) is 3.34. The second kappa shape index (κ2) is 5.32. The van der Waals surface area contributed by atoms with E-state index in [2.05, 4.69) is 4.98 Å². The summed E-state index contributed by atoms with van der Waals surface area (Å²) in [7, 11) is 1.41. The number of nitrogens with zero attached hydrogens (tertiary/aromatic N) is 1. The molecular formula is C14H10F3NO2. The molecule has 0 aliphatic heterocycles. The van der Waals surface area contributed by atoms with Crippen LogP contribution in [-0.4, -0.2) is 17.9 Å². The van der Waals surface area contributed by atoms with Crippen molar-refractivity contribution >= 4 is 5.78 Å². The van der Waals surface area contributed by atoms with Crippen LogP contribution in [0.15, 0.2) is 42.5 Å². The third-order valence-corrected chi connectivity index (χ3v) is 2.64. The van der Waals surface area contributed by atoms with Crippen LogP contribution in [0, 0.1) is 0 Å². The molecule has 0 saturated heterocycles. The molecule has 2 rings (SSSR count). The first-order valence-electron chi connectivity index (χ1n) is 5.65. The maximum atomic E-state index is 12.4. The van der Waals surface area contributed by atoms with E-state index in [-0.39, 0.29) is 17.1 Å². The number of rotatable bonds is 3. The van der Waals surface area contributed by atoms with Gasteiger partial charge in [-0.2, -0.15) is 13.2 Å². The smallest absolute Gasteiger partial charge is 0.416 e. The fraction of sp³-hybridized carbons (Fsp3) is 0.143. The molecule has 1 aromatic heterocycles. The highest BCUT2D eigenvalue weighted by Crippen LogP contribution is 2.29. The Morgan fingerprint density at radius 1 is 1.10 bits per heavy atom. The van der Waals surface area contributed by atoms with E-state index in [9.17, 15) is 18.0 Å². The normalized spacial score (nSPS) is 11.2. The van der Waals surface area contributed by atoms with Gasteiger partial charge in [0.15, 0.2) is 0 Å². The minimum atomic E-state index is -4.42. The molecule has 0 atom stereocenters. The highest BCUT2D eigenvalue weighted by molar-refractivity contribution is 6.07. The monoisotopic (exact) mass is 281 g/mol. The zero-order valence-corrected chi connectivity index (χ0v) is 10.4. The Labute approximate surface area is 113 Å². The first-order chi connectivity index (χ1) is 9.41. The van der Waals surface area contributed by atoms with Gasteiger partial charge < -0.3 is 4.74 Å². The van der Waals surface area contributed by atoms with E-state index in [0.29, 0.717) is 0 Å². The van der Waals surface area contributed by atoms with Crippen molar-refractivity contribution in [2.24, 2.45) is 0 Å². The van der Waals surface area contributed by atoms with Gasteiger partial charge in [-0.05, 0) is 18.2 Å². The lowest BCUT2D eigenvalue weighted by molar-refractivity contribution is -0.137. The summed E-state index contributed by atoms with van der Waals surface area (Å²) >= 11 is 0. The van der Waals surface area contributed by atoms with Crippen LogP contribution in [0.2, 0.25) is 0 Å². The predicted molar refractivity (Wildman–Crippen MR) is 65.7 cm³/mol. The Balaban J connectivity index is 2.29. The lowest BCUT2D eigenvalue weighted by atomic mass is 10.1. The minimum Gasteiger partial charge on any atom is -0.481 e. The number of hydrogen-bond donors (Lipinski definition) is 0. The van der Waals surface area contributed by atoms with Crippen LogP contribution in [0.5, 0.6) is 5.88 Å². The quantitative estimate of drug-likeness (QED) is 0.810. The van der Waals surface area contributed by atoms with E-state index in [1.165, 1.54) is 13.2 Å². The van der Waals surface area contributed by atoms with Crippen molar-refractivity contribution in [3.05, 3.63) is 59.3 Å². The molecule has 0 aliphatic carbocycles. The van der Waals surface area contributed by atoms with Crippen molar-refractivity contribution in [3.63, 3.8) is 0 Å². The molecule has 0 aliphatic rings. The standard InChI is InChI=1S/C14H10F3NO2/c1-20-12-4-2-3-11(18-12)13(19)9-5-7-10(8-6-9)14(15,16)17/h2-8H,1H3. The first kappa shape index (κ1) is 14.0. The summed E-state index contributed by atoms with van der Waals surface area (Å²) in [5.74, 6) is -0.194. The largest absolute Gasteiger partial charge is 0.481 e. The first-order valence-corrected chi connectivity index (χ1v) is 5.65. The van der Waals surface area contributed by atoms with Crippen molar-refractivity contribution < 1.29 is 22.7 Å². The zero-order chi connectivity index (χ0) is 14.8. The van der Waals surface area contributed by atoms with Gasteiger partial charge in [0.25, 0.3) is 0 Å². The van der Waals surface area contributed by atoms with Gasteiger partial charge in [-0.15, -0.1) is 0 Å². The number of alkyl halides is 3. The maximum Gasteiger partial charge on any atom is 0.416 e. The molecule has 6 heteroatoms. The summed E-state index contributed by atoms with van der Waals surface area (Å²) in [5, 5.41) is 0. The molecule has 2 aromatic rings. The average Bonchev–Trinajstić information content (AvgIpc) is 2.46. The van der Waals surface area contributed by atoms with E-state index in [0.717, 1.165) is 24.3 Å². The molecule has 1 heterocycles. The highest BCUT2D eigenvalue weighted by Gasteiger charge is 2.30. The van der Waals surface area contributed by atoms with Crippen molar-refractivity contribution in [3.8, 4) is 5.88 Å². The summed E-state index contributed by atoms with van der Waals surface area (Å²) in [5.41, 5.74) is -0.546. The molecule has 104 valence electrons. The number of pyridine rings is 1. The molecule has 0 bridgehead atoms. The Morgan fingerprint density at radius 3 is 2.30 bits per heavy atom. The Hall–Kier alpha value is -2.37. The summed E-state index contributed by atoms with van der Waals surface area (Å²) in [6.07, 6.45) is -4.42. The van der Waals surface area contributed by atoms with Gasteiger partial charge in [0.2, 0.25) is 11.7 Å². The molecule has 0 spiro atoms. The van der Waals surface area contributed by atoms with Gasteiger partial charge in [-0.1, -0.05) is 18.2 Å². The molecule has 20 heavy (non-hydrogen) atoms. The van der Waals surface area contributed by atoms with Gasteiger partial charge in [-0.3, -0.25) is 4.79 Å². The van der Waals surface area contributed by atoms with Crippen molar-refractivity contribution in [1.29, 1.82) is 0 Å². The number of halogens is 3. The molecule has 1 aromatic carbocycles. The lowest BCUT2D eigenvalue weighted by Crippen LogP contribution is -2.08. The molecule has 0 amide bonds. The van der Waals surface area contributed by atoms with Crippen molar-refractivity contribution in [2.45, 2.75) is 6.18 Å². The molecule has 0 N–H and O–H groups in total. The number of hydrogen-bond acceptors (Lipinski definition) is 3. The second-order valence-corrected chi connectivity index (χ2v) is 3.97. The fourth-order valence-electron chi connectivity index (χ4n) is 1.61. The maximum absolute atomic E-state index is 12.4. The van der Waals surface area contributed by atoms with Crippen LogP contribution in [-0.2, 0) is 6.18 Å². The van der Waals surface area contributed by atoms with Gasteiger partial charge in [-0.25, -0.2) is 4.98 Å². The Morgan fingerprint density at radius 2 is 1.75 bits per heavy atom. The SMILES string of the molecule is COc1cccc(C(=O)c2ccc(C(F)(F)F)cc2)n1. The summed E-state index contributed by atoms with van der Waals surface area (Å²) in [6, 6.07) is 8.63. The number of carbonyl (C=O) groups excluding carboxylic acids is 1. The second-order valence-electron chi connectivity index (χ2n) is 3.97. The number of methoxy groups -OCH3 is 1. The number of ketones is 1. The molecule has 0 saturated carbocycles. The van der Waals surface area contributed by atoms with Gasteiger partial charge >= 0.3 is 6.18 Å². The fourth-order valence-corrected chi connectivity index (χ4v) is 1.61. The van der Waals surface area contributed by atoms with Crippen LogP contribution >= 0.6 is 0 Å². The van der Waals surface area contributed by atoms with Gasteiger partial charge in [0, 0.05) is 11.6 Å². The molecule has 0 unspecified atom stereocenters. The number of carbonyl (C=O) groups is 1. The minimum absolute atomic E-state index is 0.115. The van der Waals surface area contributed by atoms with Crippen LogP contribution < -0.4 is 4.74 Å². The number of benzene rings is 1. The Kier molecular flexibility index (Phi) is 3.74. The molecule has 0 radical (unpaired) electrons. The number of aromatic nitrogens is 1. The van der Waals surface area contributed by atoms with Crippen molar-refractivity contribution in [2.75, 3.05) is 7.11 Å². The number of ether oxygens (including phenoxy) is 1. The van der Waals surface area contributed by atoms with Crippen LogP contribution in [0.25, 0.3) is 0 Å². The zero-order valence-electron chi connectivity index (χ0n) is 10.4. The highest BCUT2D eigenvalue weighted by atomic mass is 19.4. The van der Waals surface area contributed by atoms with Crippen LogP contribution in [0.1, 0.15) is 21.6 Å². The van der Waals surface area contributed by atoms with Crippen LogP contribution in [0.4, 0.5) is 13.2 Å². The van der Waals surface area contributed by atoms with Gasteiger partial charge in [0.05, 0.1) is 12.7 Å². The third-order valence-electron chi connectivity index (χ3n) is 2.64. The average molecular weight is 281 g/mol. The summed E-state index contributed by atoms with van der Waals surface area (Å²) in [6.45, 7) is 0. The molecular weight excluding hydrogens is 271 g/mol. The van der Waals surface area contributed by atoms with E-state index < -0.39 is 17.5 Å². The van der Waals surface area contributed by atoms with E-state index >= 15 is 0 Å². The van der Waals surface area contributed by atoms with Gasteiger partial charge in [0.1, 0.15) is 5.69 Å². The summed E-state index contributed by atoms with van der Waals surface area (Å²) < 4.78 is 42.2. The molecule has 0 fully saturated rings. The summed E-state index contributed by atoms with van der Waals surface area (Å²) in [4.78, 5) is 16.0. The lowest BCUT2D eigenvalue weighted by Gasteiger charge is -2.07. The topological polar surface area (TPSA) is 39.2 Å². The van der Waals surface area contributed by atoms with Crippen LogP contribution in [0.3, 0.4) is 0 Å². The molecule has 3 nitrogen and oxygen atoms in total. The van der Waals surface area contributed by atoms with E-state index in [1.807, 2.05) is 0 Å².